The van der Waals surface area contributed by atoms with Gasteiger partial charge in [0, 0.05) is 5.56 Å². The van der Waals surface area contributed by atoms with E-state index in [2.05, 4.69) is 21.3 Å². The first-order valence-corrected chi connectivity index (χ1v) is 9.22. The van der Waals surface area contributed by atoms with Crippen LogP contribution in [0.1, 0.15) is 11.3 Å². The van der Waals surface area contributed by atoms with E-state index in [4.69, 9.17) is 11.6 Å². The van der Waals surface area contributed by atoms with Crippen LogP contribution < -0.4 is 5.56 Å². The maximum atomic E-state index is 13.2. The van der Waals surface area contributed by atoms with Crippen molar-refractivity contribution < 1.29 is 0 Å². The van der Waals surface area contributed by atoms with E-state index in [1.54, 1.807) is 29.8 Å². The van der Waals surface area contributed by atoms with Crippen LogP contribution in [0.4, 0.5) is 0 Å². The van der Waals surface area contributed by atoms with Gasteiger partial charge in [-0.2, -0.15) is 20.0 Å². The van der Waals surface area contributed by atoms with Gasteiger partial charge < -0.3 is 4.98 Å². The Balaban J connectivity index is 1.91. The van der Waals surface area contributed by atoms with Gasteiger partial charge in [0.05, 0.1) is 16.4 Å². The zero-order valence-corrected chi connectivity index (χ0v) is 16.0. The van der Waals surface area contributed by atoms with Gasteiger partial charge in [-0.05, 0) is 25.1 Å². The molecule has 0 unspecified atom stereocenters. The lowest BCUT2D eigenvalue weighted by Crippen LogP contribution is -2.16. The number of rotatable bonds is 2. The van der Waals surface area contributed by atoms with Gasteiger partial charge in [0.15, 0.2) is 5.65 Å². The summed E-state index contributed by atoms with van der Waals surface area (Å²) in [4.78, 5) is 16.4. The highest BCUT2D eigenvalue weighted by molar-refractivity contribution is 6.33. The predicted molar refractivity (Wildman–Crippen MR) is 110 cm³/mol. The second-order valence-electron chi connectivity index (χ2n) is 6.56. The van der Waals surface area contributed by atoms with E-state index in [1.165, 1.54) is 4.52 Å². The van der Waals surface area contributed by atoms with Crippen LogP contribution >= 0.6 is 11.6 Å². The topological polar surface area (TPSA) is 91.8 Å². The van der Waals surface area contributed by atoms with Gasteiger partial charge in [-0.15, -0.1) is 0 Å². The van der Waals surface area contributed by atoms with E-state index >= 15 is 0 Å². The first-order chi connectivity index (χ1) is 14.1. The lowest BCUT2D eigenvalue weighted by atomic mass is 10.1. The molecule has 0 fully saturated rings. The number of hydrogen-bond donors (Lipinski definition) is 1. The van der Waals surface area contributed by atoms with Gasteiger partial charge >= 0.3 is 0 Å². The van der Waals surface area contributed by atoms with Crippen molar-refractivity contribution in [2.45, 2.75) is 6.92 Å². The minimum Gasteiger partial charge on any atom is -0.323 e. The highest BCUT2D eigenvalue weighted by Gasteiger charge is 2.22. The molecular formula is C21H13ClN6O. The number of nitrogens with zero attached hydrogens (tertiary/aromatic N) is 5. The normalized spacial score (nSPS) is 11.2. The van der Waals surface area contributed by atoms with Crippen molar-refractivity contribution >= 4 is 28.3 Å². The number of H-pyrrole nitrogens is 1. The van der Waals surface area contributed by atoms with Gasteiger partial charge in [-0.25, -0.2) is 4.68 Å². The molecule has 7 nitrogen and oxygen atoms in total. The van der Waals surface area contributed by atoms with E-state index in [0.29, 0.717) is 38.7 Å². The molecule has 0 saturated carbocycles. The monoisotopic (exact) mass is 400 g/mol. The van der Waals surface area contributed by atoms with Gasteiger partial charge in [0.2, 0.25) is 0 Å². The van der Waals surface area contributed by atoms with Gasteiger partial charge in [-0.1, -0.05) is 48.0 Å². The zero-order valence-electron chi connectivity index (χ0n) is 15.2. The predicted octanol–water partition coefficient (Wildman–Crippen LogP) is 3.86. The molecule has 5 aromatic rings. The summed E-state index contributed by atoms with van der Waals surface area (Å²) in [6.07, 6.45) is 0. The van der Waals surface area contributed by atoms with Crippen LogP contribution in [0.25, 0.3) is 33.6 Å². The number of halogens is 1. The Kier molecular flexibility index (Phi) is 3.76. The van der Waals surface area contributed by atoms with Crippen molar-refractivity contribution in [2.24, 2.45) is 0 Å². The first kappa shape index (κ1) is 17.2. The third-order valence-corrected chi connectivity index (χ3v) is 5.16. The molecule has 0 aliphatic carbocycles. The molecule has 5 rings (SSSR count). The Hall–Kier alpha value is -3.89. The first-order valence-electron chi connectivity index (χ1n) is 8.85. The van der Waals surface area contributed by atoms with E-state index in [0.717, 1.165) is 5.69 Å². The molecule has 0 amide bonds. The summed E-state index contributed by atoms with van der Waals surface area (Å²) in [5.74, 6) is 0. The molecule has 0 atom stereocenters. The summed E-state index contributed by atoms with van der Waals surface area (Å²) >= 11 is 6.31. The molecule has 0 bridgehead atoms. The number of nitriles is 1. The fraction of sp³-hybridized carbons (Fsp3) is 0.0476. The van der Waals surface area contributed by atoms with Crippen molar-refractivity contribution in [1.82, 2.24) is 24.4 Å². The molecule has 1 N–H and O–H groups in total. The number of aromatic amines is 1. The minimum atomic E-state index is -0.344. The Morgan fingerprint density at radius 1 is 1.03 bits per heavy atom. The van der Waals surface area contributed by atoms with Crippen LogP contribution in [0.2, 0.25) is 5.02 Å². The molecule has 0 aliphatic rings. The molecular weight excluding hydrogens is 388 g/mol. The maximum absolute atomic E-state index is 13.2. The lowest BCUT2D eigenvalue weighted by molar-refractivity contribution is 0.874. The quantitative estimate of drug-likeness (QED) is 0.487. The number of para-hydroxylation sites is 1. The van der Waals surface area contributed by atoms with Crippen LogP contribution in [0.3, 0.4) is 0 Å². The number of hydrogen-bond acceptors (Lipinski definition) is 4. The smallest absolute Gasteiger partial charge is 0.285 e. The third-order valence-electron chi connectivity index (χ3n) is 4.83. The summed E-state index contributed by atoms with van der Waals surface area (Å²) in [5.41, 5.74) is 3.03. The number of aryl methyl sites for hydroxylation is 1. The Morgan fingerprint density at radius 2 is 1.76 bits per heavy atom. The van der Waals surface area contributed by atoms with Crippen LogP contribution in [0.15, 0.2) is 59.4 Å². The zero-order chi connectivity index (χ0) is 20.1. The Labute approximate surface area is 169 Å². The molecule has 0 aliphatic heterocycles. The van der Waals surface area contributed by atoms with Gasteiger partial charge in [0.1, 0.15) is 28.4 Å². The van der Waals surface area contributed by atoms with Gasteiger partial charge in [-0.3, -0.25) is 4.79 Å². The fourth-order valence-corrected chi connectivity index (χ4v) is 3.73. The van der Waals surface area contributed by atoms with Crippen molar-refractivity contribution in [3.8, 4) is 23.0 Å². The van der Waals surface area contributed by atoms with Crippen LogP contribution in [-0.4, -0.2) is 24.4 Å². The second-order valence-corrected chi connectivity index (χ2v) is 6.97. The molecule has 0 spiro atoms. The minimum absolute atomic E-state index is 0.246. The molecule has 0 radical (unpaired) electrons. The number of benzene rings is 2. The van der Waals surface area contributed by atoms with Crippen molar-refractivity contribution in [3.05, 3.63) is 81.2 Å². The number of nitrogens with one attached hydrogen (secondary N) is 1. The summed E-state index contributed by atoms with van der Waals surface area (Å²) in [6.45, 7) is 1.77. The Bertz CT molecular complexity index is 1500. The molecule has 140 valence electrons. The van der Waals surface area contributed by atoms with Crippen molar-refractivity contribution in [3.63, 3.8) is 0 Å². The lowest BCUT2D eigenvalue weighted by Gasteiger charge is -2.03. The molecule has 2 aromatic carbocycles. The fourth-order valence-electron chi connectivity index (χ4n) is 3.50. The average Bonchev–Trinajstić information content (AvgIpc) is 3.27. The maximum Gasteiger partial charge on any atom is 0.285 e. The van der Waals surface area contributed by atoms with E-state index in [1.807, 2.05) is 36.4 Å². The van der Waals surface area contributed by atoms with Crippen molar-refractivity contribution in [1.29, 1.82) is 5.26 Å². The SMILES string of the molecule is Cc1nn(-c2ccccc2)c2[nH]c3c(C#N)c(-c4ccccc4Cl)nn3c(=O)c12. The highest BCUT2D eigenvalue weighted by Crippen LogP contribution is 2.31. The van der Waals surface area contributed by atoms with Crippen LogP contribution in [-0.2, 0) is 0 Å². The standard InChI is InChI=1S/C21H13ClN6O/c1-12-17-20(27(25-12)13-7-3-2-4-8-13)24-19-15(11-23)18(26-28(19)21(17)29)14-9-5-6-10-16(14)22/h2-10,24H,1H3. The second kappa shape index (κ2) is 6.33. The number of fused-ring (bicyclic) bond motifs is 2. The number of aromatic nitrogens is 5. The van der Waals surface area contributed by atoms with E-state index in [-0.39, 0.29) is 11.1 Å². The molecule has 3 aromatic heterocycles. The summed E-state index contributed by atoms with van der Waals surface area (Å²) in [5, 5.41) is 19.6. The molecule has 8 heteroatoms. The Morgan fingerprint density at radius 3 is 2.48 bits per heavy atom. The molecule has 0 saturated heterocycles. The van der Waals surface area contributed by atoms with E-state index in [9.17, 15) is 10.1 Å². The van der Waals surface area contributed by atoms with E-state index < -0.39 is 0 Å². The van der Waals surface area contributed by atoms with Crippen LogP contribution in [0, 0.1) is 18.3 Å². The third kappa shape index (κ3) is 2.47. The molecule has 3 heterocycles. The highest BCUT2D eigenvalue weighted by atomic mass is 35.5. The van der Waals surface area contributed by atoms with Gasteiger partial charge in [0.25, 0.3) is 5.56 Å². The summed E-state index contributed by atoms with van der Waals surface area (Å²) in [6, 6.07) is 18.7. The largest absolute Gasteiger partial charge is 0.323 e. The molecule has 29 heavy (non-hydrogen) atoms. The average molecular weight is 401 g/mol. The summed E-state index contributed by atoms with van der Waals surface area (Å²) in [7, 11) is 0. The summed E-state index contributed by atoms with van der Waals surface area (Å²) < 4.78 is 2.87. The van der Waals surface area contributed by atoms with Crippen LogP contribution in [0.5, 0.6) is 0 Å². The van der Waals surface area contributed by atoms with Crippen molar-refractivity contribution in [2.75, 3.05) is 0 Å².